The van der Waals surface area contributed by atoms with Crippen LogP contribution in [0.25, 0.3) is 22.4 Å². The zero-order chi connectivity index (χ0) is 20.2. The smallest absolute Gasteiger partial charge is 0.259 e. The van der Waals surface area contributed by atoms with Gasteiger partial charge in [0.1, 0.15) is 17.2 Å². The second-order valence-corrected chi connectivity index (χ2v) is 7.64. The lowest BCUT2D eigenvalue weighted by Crippen LogP contribution is -2.21. The molecule has 0 spiro atoms. The van der Waals surface area contributed by atoms with E-state index in [9.17, 15) is 4.79 Å². The summed E-state index contributed by atoms with van der Waals surface area (Å²) in [7, 11) is 4.07. The number of fused-ring (bicyclic) bond motifs is 1. The average molecular weight is 408 g/mol. The minimum Gasteiger partial charge on any atom is -0.369 e. The zero-order valence-electron chi connectivity index (χ0n) is 16.1. The van der Waals surface area contributed by atoms with E-state index in [-0.39, 0.29) is 5.91 Å². The molecule has 8 nitrogen and oxygen atoms in total. The van der Waals surface area contributed by atoms with Gasteiger partial charge in [-0.15, -0.1) is 11.3 Å². The highest BCUT2D eigenvalue weighted by atomic mass is 32.1. The van der Waals surface area contributed by atoms with Crippen LogP contribution in [0.3, 0.4) is 0 Å². The van der Waals surface area contributed by atoms with Gasteiger partial charge in [0.05, 0.1) is 11.1 Å². The molecule has 0 unspecified atom stereocenters. The summed E-state index contributed by atoms with van der Waals surface area (Å²) in [6, 6.07) is 9.37. The van der Waals surface area contributed by atoms with Crippen LogP contribution in [0.2, 0.25) is 0 Å². The van der Waals surface area contributed by atoms with Crippen molar-refractivity contribution in [2.75, 3.05) is 37.8 Å². The molecule has 4 rings (SSSR count). The van der Waals surface area contributed by atoms with Gasteiger partial charge >= 0.3 is 0 Å². The fourth-order valence-electron chi connectivity index (χ4n) is 2.85. The quantitative estimate of drug-likeness (QED) is 0.435. The minimum absolute atomic E-state index is 0.234. The highest BCUT2D eigenvalue weighted by Gasteiger charge is 2.15. The van der Waals surface area contributed by atoms with Crippen molar-refractivity contribution in [2.45, 2.75) is 0 Å². The molecule has 3 aromatic heterocycles. The maximum absolute atomic E-state index is 12.6. The first-order valence-electron chi connectivity index (χ1n) is 9.15. The molecule has 0 aliphatic carbocycles. The molecule has 3 heterocycles. The Morgan fingerprint density at radius 1 is 1.21 bits per heavy atom. The summed E-state index contributed by atoms with van der Waals surface area (Å²) in [5.41, 5.74) is 2.76. The summed E-state index contributed by atoms with van der Waals surface area (Å²) in [5.74, 6) is 1.25. The Labute approximate surface area is 172 Å². The molecule has 1 aromatic carbocycles. The first kappa shape index (κ1) is 19.0. The molecule has 0 fully saturated rings. The minimum atomic E-state index is -0.234. The highest BCUT2D eigenvalue weighted by molar-refractivity contribution is 7.13. The number of nitrogens with zero attached hydrogens (tertiary/aromatic N) is 4. The van der Waals surface area contributed by atoms with Crippen molar-refractivity contribution in [3.63, 3.8) is 0 Å². The van der Waals surface area contributed by atoms with Crippen LogP contribution in [-0.4, -0.2) is 57.9 Å². The number of anilines is 2. The number of aromatic nitrogens is 4. The monoisotopic (exact) mass is 407 g/mol. The normalized spacial score (nSPS) is 11.1. The fourth-order valence-corrected chi connectivity index (χ4v) is 3.37. The van der Waals surface area contributed by atoms with Crippen LogP contribution in [0.5, 0.6) is 0 Å². The Morgan fingerprint density at radius 3 is 2.83 bits per heavy atom. The van der Waals surface area contributed by atoms with Gasteiger partial charge in [-0.1, -0.05) is 6.07 Å². The van der Waals surface area contributed by atoms with Crippen LogP contribution >= 0.6 is 11.3 Å². The van der Waals surface area contributed by atoms with Gasteiger partial charge in [-0.25, -0.2) is 15.0 Å². The van der Waals surface area contributed by atoms with Crippen LogP contribution in [-0.2, 0) is 0 Å². The SMILES string of the molecule is CN(C)CCNc1ccc(-c2nc3c(C(=O)Nc4nccs4)cccc3[nH]2)cn1. The van der Waals surface area contributed by atoms with Crippen molar-refractivity contribution in [3.05, 3.63) is 53.7 Å². The molecule has 0 aliphatic heterocycles. The molecular weight excluding hydrogens is 386 g/mol. The van der Waals surface area contributed by atoms with Gasteiger partial charge in [0.2, 0.25) is 0 Å². The Kier molecular flexibility index (Phi) is 5.50. The largest absolute Gasteiger partial charge is 0.369 e. The molecule has 0 bridgehead atoms. The van der Waals surface area contributed by atoms with E-state index in [4.69, 9.17) is 0 Å². The molecule has 3 N–H and O–H groups in total. The van der Waals surface area contributed by atoms with Crippen LogP contribution < -0.4 is 10.6 Å². The lowest BCUT2D eigenvalue weighted by atomic mass is 10.2. The number of carbonyl (C=O) groups is 1. The molecule has 29 heavy (non-hydrogen) atoms. The molecule has 0 saturated heterocycles. The van der Waals surface area contributed by atoms with E-state index in [1.54, 1.807) is 18.5 Å². The number of thiazole rings is 1. The number of carbonyl (C=O) groups excluding carboxylic acids is 1. The second kappa shape index (κ2) is 8.38. The predicted octanol–water partition coefficient (Wildman–Crippen LogP) is 3.31. The van der Waals surface area contributed by atoms with E-state index >= 15 is 0 Å². The number of aromatic amines is 1. The van der Waals surface area contributed by atoms with Gasteiger partial charge in [0, 0.05) is 36.4 Å². The third-order valence-electron chi connectivity index (χ3n) is 4.31. The number of rotatable bonds is 7. The Balaban J connectivity index is 1.55. The van der Waals surface area contributed by atoms with Crippen molar-refractivity contribution < 1.29 is 4.79 Å². The van der Waals surface area contributed by atoms with Crippen LogP contribution in [0.1, 0.15) is 10.4 Å². The second-order valence-electron chi connectivity index (χ2n) is 6.74. The Morgan fingerprint density at radius 2 is 2.10 bits per heavy atom. The number of likely N-dealkylation sites (N-methyl/N-ethyl adjacent to an activating group) is 1. The van der Waals surface area contributed by atoms with Crippen molar-refractivity contribution in [3.8, 4) is 11.4 Å². The van der Waals surface area contributed by atoms with E-state index in [1.165, 1.54) is 11.3 Å². The van der Waals surface area contributed by atoms with Crippen molar-refractivity contribution in [1.29, 1.82) is 0 Å². The maximum Gasteiger partial charge on any atom is 0.259 e. The lowest BCUT2D eigenvalue weighted by molar-refractivity contribution is 0.102. The molecule has 4 aromatic rings. The van der Waals surface area contributed by atoms with Crippen LogP contribution in [0.15, 0.2) is 48.1 Å². The third kappa shape index (κ3) is 4.41. The number of para-hydroxylation sites is 1. The molecule has 1 amide bonds. The number of pyridine rings is 1. The molecular formula is C20H21N7OS. The molecule has 0 atom stereocenters. The summed E-state index contributed by atoms with van der Waals surface area (Å²) >= 11 is 1.37. The number of nitrogens with one attached hydrogen (secondary N) is 3. The number of H-pyrrole nitrogens is 1. The molecule has 9 heteroatoms. The predicted molar refractivity (Wildman–Crippen MR) is 116 cm³/mol. The number of hydrogen-bond donors (Lipinski definition) is 3. The summed E-state index contributed by atoms with van der Waals surface area (Å²) in [4.78, 5) is 31.2. The summed E-state index contributed by atoms with van der Waals surface area (Å²) < 4.78 is 0. The molecule has 148 valence electrons. The van der Waals surface area contributed by atoms with Gasteiger partial charge in [-0.3, -0.25) is 10.1 Å². The molecule has 0 aliphatic rings. The van der Waals surface area contributed by atoms with Crippen LogP contribution in [0.4, 0.5) is 10.9 Å². The van der Waals surface area contributed by atoms with E-state index in [1.807, 2.05) is 43.7 Å². The summed E-state index contributed by atoms with van der Waals surface area (Å²) in [6.07, 6.45) is 3.42. The van der Waals surface area contributed by atoms with Crippen molar-refractivity contribution >= 4 is 39.2 Å². The van der Waals surface area contributed by atoms with Crippen molar-refractivity contribution in [1.82, 2.24) is 24.8 Å². The van der Waals surface area contributed by atoms with Gasteiger partial charge in [0.15, 0.2) is 5.13 Å². The first-order valence-corrected chi connectivity index (χ1v) is 10.0. The number of benzene rings is 1. The number of amides is 1. The van der Waals surface area contributed by atoms with Gasteiger partial charge in [-0.2, -0.15) is 0 Å². The van der Waals surface area contributed by atoms with Gasteiger partial charge in [-0.05, 0) is 38.4 Å². The van der Waals surface area contributed by atoms with Gasteiger partial charge < -0.3 is 15.2 Å². The Hall–Kier alpha value is -3.30. The first-order chi connectivity index (χ1) is 14.1. The van der Waals surface area contributed by atoms with E-state index in [0.29, 0.717) is 22.0 Å². The van der Waals surface area contributed by atoms with E-state index < -0.39 is 0 Å². The molecule has 0 radical (unpaired) electrons. The van der Waals surface area contributed by atoms with Crippen molar-refractivity contribution in [2.24, 2.45) is 0 Å². The topological polar surface area (TPSA) is 98.8 Å². The standard InChI is InChI=1S/C20H21N7OS/c1-27(2)10-8-21-16-7-6-13(12-23-16)18-24-15-5-3-4-14(17(15)25-18)19(28)26-20-22-9-11-29-20/h3-7,9,11-12H,8,10H2,1-2H3,(H,21,23)(H,24,25)(H,22,26,28). The van der Waals surface area contributed by atoms with Crippen LogP contribution in [0, 0.1) is 0 Å². The zero-order valence-corrected chi connectivity index (χ0v) is 17.0. The average Bonchev–Trinajstić information content (AvgIpc) is 3.37. The van der Waals surface area contributed by atoms with E-state index in [2.05, 4.69) is 35.5 Å². The number of hydrogen-bond acceptors (Lipinski definition) is 7. The maximum atomic E-state index is 12.6. The van der Waals surface area contributed by atoms with Gasteiger partial charge in [0.25, 0.3) is 5.91 Å². The highest BCUT2D eigenvalue weighted by Crippen LogP contribution is 2.24. The molecule has 0 saturated carbocycles. The fraction of sp³-hybridized carbons (Fsp3) is 0.200. The lowest BCUT2D eigenvalue weighted by Gasteiger charge is -2.10. The summed E-state index contributed by atoms with van der Waals surface area (Å²) in [6.45, 7) is 1.75. The third-order valence-corrected chi connectivity index (χ3v) is 5.00. The number of imidazole rings is 1. The summed E-state index contributed by atoms with van der Waals surface area (Å²) in [5, 5.41) is 8.46. The van der Waals surface area contributed by atoms with E-state index in [0.717, 1.165) is 30.0 Å². The Bertz CT molecular complexity index is 1100.